The van der Waals surface area contributed by atoms with Crippen LogP contribution in [-0.4, -0.2) is 53.5 Å². The van der Waals surface area contributed by atoms with E-state index in [-0.39, 0.29) is 17.5 Å². The standard InChI is InChI=1S/C29H41N3O2/c1-29(2,3)30-28(34)31(4)18-19-9-11-21(12-10-19)27(33)32-16-15-24-23-8-6-5-7-22(23)17-25(24)26(32)20-13-14-20/h5-8,19-21,26H,9-18H2,1-4H3,(H,30,34). The molecule has 3 aliphatic carbocycles. The predicted molar refractivity (Wildman–Crippen MR) is 136 cm³/mol. The maximum absolute atomic E-state index is 13.8. The van der Waals surface area contributed by atoms with Crippen molar-refractivity contribution in [1.82, 2.24) is 15.1 Å². The molecule has 3 amide bonds. The zero-order chi connectivity index (χ0) is 24.0. The highest BCUT2D eigenvalue weighted by Crippen LogP contribution is 2.49. The second-order valence-corrected chi connectivity index (χ2v) is 12.2. The van der Waals surface area contributed by atoms with Crippen LogP contribution in [0, 0.1) is 17.8 Å². The number of nitrogens with zero attached hydrogens (tertiary/aromatic N) is 2. The molecule has 184 valence electrons. The third kappa shape index (κ3) is 4.76. The van der Waals surface area contributed by atoms with Crippen LogP contribution in [0.1, 0.15) is 76.8 Å². The number of amides is 3. The summed E-state index contributed by atoms with van der Waals surface area (Å²) >= 11 is 0. The van der Waals surface area contributed by atoms with Gasteiger partial charge in [-0.2, -0.15) is 0 Å². The Labute approximate surface area is 205 Å². The summed E-state index contributed by atoms with van der Waals surface area (Å²) in [4.78, 5) is 30.3. The molecular weight excluding hydrogens is 422 g/mol. The third-order valence-corrected chi connectivity index (χ3v) is 8.31. The summed E-state index contributed by atoms with van der Waals surface area (Å²) in [5.41, 5.74) is 5.75. The molecule has 5 heteroatoms. The van der Waals surface area contributed by atoms with E-state index in [2.05, 4.69) is 34.5 Å². The molecule has 0 radical (unpaired) electrons. The summed E-state index contributed by atoms with van der Waals surface area (Å²) in [5.74, 6) is 1.70. The van der Waals surface area contributed by atoms with Gasteiger partial charge in [-0.15, -0.1) is 0 Å². The molecule has 4 aliphatic rings. The molecule has 5 nitrogen and oxygen atoms in total. The monoisotopic (exact) mass is 463 g/mol. The summed E-state index contributed by atoms with van der Waals surface area (Å²) < 4.78 is 0. The van der Waals surface area contributed by atoms with E-state index in [1.54, 1.807) is 5.57 Å². The van der Waals surface area contributed by atoms with Crippen LogP contribution in [0.3, 0.4) is 0 Å². The van der Waals surface area contributed by atoms with Gasteiger partial charge in [0.15, 0.2) is 0 Å². The van der Waals surface area contributed by atoms with Crippen LogP contribution in [0.2, 0.25) is 0 Å². The van der Waals surface area contributed by atoms with E-state index in [1.165, 1.54) is 29.5 Å². The lowest BCUT2D eigenvalue weighted by Crippen LogP contribution is -2.50. The molecule has 5 rings (SSSR count). The van der Waals surface area contributed by atoms with E-state index in [4.69, 9.17) is 0 Å². The first-order chi connectivity index (χ1) is 16.2. The topological polar surface area (TPSA) is 52.7 Å². The van der Waals surface area contributed by atoms with Crippen LogP contribution in [0.5, 0.6) is 0 Å². The Morgan fingerprint density at radius 1 is 1.06 bits per heavy atom. The first kappa shape index (κ1) is 23.4. The minimum absolute atomic E-state index is 0.00655. The van der Waals surface area contributed by atoms with E-state index in [0.717, 1.165) is 51.6 Å². The van der Waals surface area contributed by atoms with E-state index in [1.807, 2.05) is 32.7 Å². The lowest BCUT2D eigenvalue weighted by molar-refractivity contribution is -0.139. The van der Waals surface area contributed by atoms with Crippen molar-refractivity contribution >= 4 is 17.5 Å². The zero-order valence-corrected chi connectivity index (χ0v) is 21.4. The van der Waals surface area contributed by atoms with Crippen LogP contribution in [0.25, 0.3) is 5.57 Å². The molecule has 1 aliphatic heterocycles. The number of carbonyl (C=O) groups excluding carboxylic acids is 2. The van der Waals surface area contributed by atoms with Gasteiger partial charge in [0.05, 0.1) is 6.04 Å². The molecule has 1 aromatic rings. The molecule has 1 heterocycles. The van der Waals surface area contributed by atoms with Crippen molar-refractivity contribution in [2.75, 3.05) is 20.1 Å². The fourth-order valence-corrected chi connectivity index (χ4v) is 6.50. The molecule has 2 saturated carbocycles. The quantitative estimate of drug-likeness (QED) is 0.663. The molecule has 0 aromatic heterocycles. The van der Waals surface area contributed by atoms with Crippen LogP contribution < -0.4 is 5.32 Å². The Morgan fingerprint density at radius 2 is 1.76 bits per heavy atom. The average Bonchev–Trinajstić information content (AvgIpc) is 3.57. The van der Waals surface area contributed by atoms with Crippen molar-refractivity contribution in [3.63, 3.8) is 0 Å². The normalized spacial score (nSPS) is 26.7. The van der Waals surface area contributed by atoms with Crippen molar-refractivity contribution in [3.8, 4) is 0 Å². The van der Waals surface area contributed by atoms with Gasteiger partial charge in [0.25, 0.3) is 0 Å². The first-order valence-corrected chi connectivity index (χ1v) is 13.3. The second-order valence-electron chi connectivity index (χ2n) is 12.2. The maximum Gasteiger partial charge on any atom is 0.317 e. The van der Waals surface area contributed by atoms with Crippen molar-refractivity contribution in [2.24, 2.45) is 17.8 Å². The van der Waals surface area contributed by atoms with Gasteiger partial charge in [0.1, 0.15) is 0 Å². The zero-order valence-electron chi connectivity index (χ0n) is 21.4. The van der Waals surface area contributed by atoms with E-state index < -0.39 is 0 Å². The van der Waals surface area contributed by atoms with Gasteiger partial charge in [-0.1, -0.05) is 24.3 Å². The van der Waals surface area contributed by atoms with E-state index >= 15 is 0 Å². The molecule has 0 bridgehead atoms. The first-order valence-electron chi connectivity index (χ1n) is 13.3. The van der Waals surface area contributed by atoms with Gasteiger partial charge in [-0.3, -0.25) is 4.79 Å². The Balaban J connectivity index is 1.20. The average molecular weight is 464 g/mol. The molecule has 2 fully saturated rings. The Bertz CT molecular complexity index is 979. The predicted octanol–water partition coefficient (Wildman–Crippen LogP) is 5.25. The van der Waals surface area contributed by atoms with Gasteiger partial charge in [0, 0.05) is 31.6 Å². The minimum atomic E-state index is -0.224. The highest BCUT2D eigenvalue weighted by atomic mass is 16.2. The molecule has 1 atom stereocenters. The molecule has 1 N–H and O–H groups in total. The molecule has 1 unspecified atom stereocenters. The fraction of sp³-hybridized carbons (Fsp3) is 0.655. The summed E-state index contributed by atoms with van der Waals surface area (Å²) in [5, 5.41) is 3.05. The number of fused-ring (bicyclic) bond motifs is 2. The van der Waals surface area contributed by atoms with Crippen molar-refractivity contribution in [2.45, 2.75) is 83.7 Å². The van der Waals surface area contributed by atoms with E-state index in [9.17, 15) is 9.59 Å². The van der Waals surface area contributed by atoms with Crippen molar-refractivity contribution in [1.29, 1.82) is 0 Å². The number of hydrogen-bond donors (Lipinski definition) is 1. The van der Waals surface area contributed by atoms with Crippen LogP contribution in [0.15, 0.2) is 29.8 Å². The highest BCUT2D eigenvalue weighted by Gasteiger charge is 2.46. The van der Waals surface area contributed by atoms with Crippen LogP contribution >= 0.6 is 0 Å². The SMILES string of the molecule is CN(CC1CCC(C(=O)N2CCC3=C(Cc4ccccc43)C2C2CC2)CC1)C(=O)NC(C)(C)C. The van der Waals surface area contributed by atoms with Crippen molar-refractivity contribution < 1.29 is 9.59 Å². The number of rotatable bonds is 4. The molecular formula is C29H41N3O2. The van der Waals surface area contributed by atoms with Gasteiger partial charge in [-0.25, -0.2) is 4.79 Å². The lowest BCUT2D eigenvalue weighted by atomic mass is 9.80. The van der Waals surface area contributed by atoms with Crippen molar-refractivity contribution in [3.05, 3.63) is 41.0 Å². The van der Waals surface area contributed by atoms with E-state index in [0.29, 0.717) is 23.8 Å². The summed E-state index contributed by atoms with van der Waals surface area (Å²) in [6, 6.07) is 9.17. The Morgan fingerprint density at radius 3 is 2.44 bits per heavy atom. The van der Waals surface area contributed by atoms with Gasteiger partial charge >= 0.3 is 6.03 Å². The van der Waals surface area contributed by atoms with Crippen LogP contribution in [-0.2, 0) is 11.2 Å². The summed E-state index contributed by atoms with van der Waals surface area (Å²) in [6.07, 6.45) is 8.54. The summed E-state index contributed by atoms with van der Waals surface area (Å²) in [7, 11) is 1.89. The maximum atomic E-state index is 13.8. The largest absolute Gasteiger partial charge is 0.335 e. The molecule has 0 spiro atoms. The smallest absolute Gasteiger partial charge is 0.317 e. The number of carbonyl (C=O) groups is 2. The summed E-state index contributed by atoms with van der Waals surface area (Å²) in [6.45, 7) is 7.67. The Hall–Kier alpha value is -2.30. The van der Waals surface area contributed by atoms with Crippen LogP contribution in [0.4, 0.5) is 4.79 Å². The number of urea groups is 1. The lowest BCUT2D eigenvalue weighted by Gasteiger charge is -2.41. The third-order valence-electron chi connectivity index (χ3n) is 8.31. The number of hydrogen-bond acceptors (Lipinski definition) is 2. The molecule has 34 heavy (non-hydrogen) atoms. The number of nitrogens with one attached hydrogen (secondary N) is 1. The van der Waals surface area contributed by atoms with Gasteiger partial charge in [-0.05, 0) is 106 Å². The highest BCUT2D eigenvalue weighted by molar-refractivity contribution is 5.84. The minimum Gasteiger partial charge on any atom is -0.335 e. The molecule has 0 saturated heterocycles. The Kier molecular flexibility index (Phi) is 6.24. The van der Waals surface area contributed by atoms with Gasteiger partial charge < -0.3 is 15.1 Å². The van der Waals surface area contributed by atoms with Gasteiger partial charge in [0.2, 0.25) is 5.91 Å². The second kappa shape index (κ2) is 9.05. The molecule has 1 aromatic carbocycles. The number of benzene rings is 1. The fourth-order valence-electron chi connectivity index (χ4n) is 6.50.